The molecule has 4 heterocycles. The average molecular weight is 363 g/mol. The first kappa shape index (κ1) is 16.2. The Morgan fingerprint density at radius 1 is 1.15 bits per heavy atom. The van der Waals surface area contributed by atoms with E-state index >= 15 is 0 Å². The van der Waals surface area contributed by atoms with Crippen molar-refractivity contribution < 1.29 is 4.79 Å². The summed E-state index contributed by atoms with van der Waals surface area (Å²) < 4.78 is 1.74. The van der Waals surface area contributed by atoms with E-state index in [1.165, 1.54) is 12.8 Å². The van der Waals surface area contributed by atoms with E-state index in [1.54, 1.807) is 16.9 Å². The third-order valence-corrected chi connectivity index (χ3v) is 5.29. The van der Waals surface area contributed by atoms with Crippen molar-refractivity contribution in [1.82, 2.24) is 29.5 Å². The summed E-state index contributed by atoms with van der Waals surface area (Å²) in [6.07, 6.45) is 7.75. The lowest BCUT2D eigenvalue weighted by atomic mass is 10.2. The topological polar surface area (TPSA) is 79.5 Å². The second-order valence-corrected chi connectivity index (χ2v) is 7.27. The maximum atomic E-state index is 12.9. The summed E-state index contributed by atoms with van der Waals surface area (Å²) in [7, 11) is 0. The largest absolute Gasteiger partial charge is 0.353 e. The first-order chi connectivity index (χ1) is 13.2. The Balaban J connectivity index is 1.30. The Morgan fingerprint density at radius 3 is 2.70 bits per heavy atom. The molecule has 1 aliphatic heterocycles. The van der Waals surface area contributed by atoms with Gasteiger partial charge in [-0.15, -0.1) is 0 Å². The van der Waals surface area contributed by atoms with Crippen molar-refractivity contribution in [3.8, 4) is 0 Å². The van der Waals surface area contributed by atoms with Gasteiger partial charge in [0.05, 0.1) is 11.9 Å². The molecule has 0 bridgehead atoms. The van der Waals surface area contributed by atoms with Crippen LogP contribution in [-0.2, 0) is 0 Å². The molecule has 0 spiro atoms. The highest BCUT2D eigenvalue weighted by Gasteiger charge is 2.27. The molecule has 1 saturated heterocycles. The van der Waals surface area contributed by atoms with Crippen LogP contribution in [-0.4, -0.2) is 61.6 Å². The molecule has 2 aliphatic rings. The highest BCUT2D eigenvalue weighted by molar-refractivity contribution is 5.92. The molecule has 0 unspecified atom stereocenters. The van der Waals surface area contributed by atoms with Crippen LogP contribution in [0.3, 0.4) is 0 Å². The highest BCUT2D eigenvalue weighted by atomic mass is 16.2. The SMILES string of the molecule is Cc1cncnc1N1CCN(C(=O)c2ccc3nc(C4CC4)cn3n2)CC1. The van der Waals surface area contributed by atoms with Gasteiger partial charge in [-0.1, -0.05) is 0 Å². The van der Waals surface area contributed by atoms with Gasteiger partial charge in [0.15, 0.2) is 5.65 Å². The van der Waals surface area contributed by atoms with Crippen LogP contribution in [0.25, 0.3) is 5.65 Å². The van der Waals surface area contributed by atoms with E-state index in [0.29, 0.717) is 24.7 Å². The molecule has 5 rings (SSSR count). The number of nitrogens with zero attached hydrogens (tertiary/aromatic N) is 7. The second kappa shape index (κ2) is 6.29. The molecular formula is C19H21N7O. The summed E-state index contributed by atoms with van der Waals surface area (Å²) >= 11 is 0. The minimum absolute atomic E-state index is 0.0300. The molecule has 3 aromatic heterocycles. The van der Waals surface area contributed by atoms with Gasteiger partial charge in [-0.2, -0.15) is 5.10 Å². The zero-order valence-electron chi connectivity index (χ0n) is 15.2. The van der Waals surface area contributed by atoms with Crippen molar-refractivity contribution in [3.05, 3.63) is 47.8 Å². The number of carbonyl (C=O) groups excluding carboxylic acids is 1. The standard InChI is InChI=1S/C19H21N7O/c1-13-10-20-12-21-18(13)24-6-8-25(9-7-24)19(27)15-4-5-17-22-16(14-2-3-14)11-26(17)23-15/h4-5,10-12,14H,2-3,6-9H2,1H3. The lowest BCUT2D eigenvalue weighted by molar-refractivity contribution is 0.0739. The molecule has 8 heteroatoms. The zero-order valence-corrected chi connectivity index (χ0v) is 15.2. The number of aromatic nitrogens is 5. The maximum Gasteiger partial charge on any atom is 0.274 e. The predicted octanol–water partition coefficient (Wildman–Crippen LogP) is 1.67. The van der Waals surface area contributed by atoms with Gasteiger partial charge < -0.3 is 9.80 Å². The number of fused-ring (bicyclic) bond motifs is 1. The number of carbonyl (C=O) groups is 1. The molecule has 1 saturated carbocycles. The van der Waals surface area contributed by atoms with Crippen molar-refractivity contribution in [3.63, 3.8) is 0 Å². The number of hydrogen-bond donors (Lipinski definition) is 0. The van der Waals surface area contributed by atoms with Crippen LogP contribution in [0, 0.1) is 6.92 Å². The van der Waals surface area contributed by atoms with Crippen LogP contribution < -0.4 is 4.90 Å². The van der Waals surface area contributed by atoms with Gasteiger partial charge in [-0.3, -0.25) is 4.79 Å². The van der Waals surface area contributed by atoms with Gasteiger partial charge in [0.2, 0.25) is 0 Å². The fourth-order valence-electron chi connectivity index (χ4n) is 3.60. The smallest absolute Gasteiger partial charge is 0.274 e. The fourth-order valence-corrected chi connectivity index (χ4v) is 3.60. The number of imidazole rings is 1. The Hall–Kier alpha value is -3.03. The van der Waals surface area contributed by atoms with Crippen LogP contribution in [0.2, 0.25) is 0 Å². The number of hydrogen-bond acceptors (Lipinski definition) is 6. The third-order valence-electron chi connectivity index (χ3n) is 5.29. The van der Waals surface area contributed by atoms with Crippen LogP contribution in [0.5, 0.6) is 0 Å². The molecule has 0 aromatic carbocycles. The average Bonchev–Trinajstić information content (AvgIpc) is 3.47. The molecule has 8 nitrogen and oxygen atoms in total. The van der Waals surface area contributed by atoms with Gasteiger partial charge in [0.25, 0.3) is 5.91 Å². The minimum Gasteiger partial charge on any atom is -0.353 e. The third kappa shape index (κ3) is 3.01. The van der Waals surface area contributed by atoms with E-state index in [1.807, 2.05) is 30.3 Å². The molecule has 138 valence electrons. The van der Waals surface area contributed by atoms with Gasteiger partial charge in [0, 0.05) is 43.9 Å². The van der Waals surface area contributed by atoms with Crippen LogP contribution in [0.1, 0.15) is 40.5 Å². The van der Waals surface area contributed by atoms with Crippen LogP contribution >= 0.6 is 0 Å². The summed E-state index contributed by atoms with van der Waals surface area (Å²) in [5.41, 5.74) is 3.41. The van der Waals surface area contributed by atoms with E-state index in [0.717, 1.165) is 35.8 Å². The fraction of sp³-hybridized carbons (Fsp3) is 0.421. The monoisotopic (exact) mass is 363 g/mol. The quantitative estimate of drug-likeness (QED) is 0.704. The zero-order chi connectivity index (χ0) is 18.4. The number of aryl methyl sites for hydroxylation is 1. The van der Waals surface area contributed by atoms with Crippen molar-refractivity contribution in [2.24, 2.45) is 0 Å². The second-order valence-electron chi connectivity index (χ2n) is 7.27. The number of piperazine rings is 1. The summed E-state index contributed by atoms with van der Waals surface area (Å²) in [6, 6.07) is 3.66. The van der Waals surface area contributed by atoms with Crippen molar-refractivity contribution in [2.45, 2.75) is 25.7 Å². The number of rotatable bonds is 3. The molecule has 2 fully saturated rings. The van der Waals surface area contributed by atoms with Gasteiger partial charge >= 0.3 is 0 Å². The first-order valence-corrected chi connectivity index (χ1v) is 9.36. The van der Waals surface area contributed by atoms with E-state index in [4.69, 9.17) is 0 Å². The van der Waals surface area contributed by atoms with Gasteiger partial charge in [-0.05, 0) is 31.9 Å². The first-order valence-electron chi connectivity index (χ1n) is 9.36. The number of amides is 1. The summed E-state index contributed by atoms with van der Waals surface area (Å²) in [5, 5.41) is 4.50. The van der Waals surface area contributed by atoms with E-state index in [2.05, 4.69) is 25.0 Å². The van der Waals surface area contributed by atoms with E-state index < -0.39 is 0 Å². The molecule has 0 atom stereocenters. The Kier molecular flexibility index (Phi) is 3.77. The number of anilines is 1. The minimum atomic E-state index is -0.0300. The van der Waals surface area contributed by atoms with Crippen LogP contribution in [0.4, 0.5) is 5.82 Å². The normalized spacial score (nSPS) is 17.5. The Morgan fingerprint density at radius 2 is 1.96 bits per heavy atom. The van der Waals surface area contributed by atoms with E-state index in [9.17, 15) is 4.79 Å². The van der Waals surface area contributed by atoms with Gasteiger partial charge in [-0.25, -0.2) is 19.5 Å². The molecule has 1 aliphatic carbocycles. The predicted molar refractivity (Wildman–Crippen MR) is 99.8 cm³/mol. The van der Waals surface area contributed by atoms with Crippen molar-refractivity contribution in [1.29, 1.82) is 0 Å². The van der Waals surface area contributed by atoms with E-state index in [-0.39, 0.29) is 5.91 Å². The lowest BCUT2D eigenvalue weighted by Gasteiger charge is -2.35. The highest BCUT2D eigenvalue weighted by Crippen LogP contribution is 2.39. The van der Waals surface area contributed by atoms with Crippen LogP contribution in [0.15, 0.2) is 30.9 Å². The molecule has 0 N–H and O–H groups in total. The summed E-state index contributed by atoms with van der Waals surface area (Å²) in [5.74, 6) is 1.49. The van der Waals surface area contributed by atoms with Gasteiger partial charge in [0.1, 0.15) is 17.8 Å². The van der Waals surface area contributed by atoms with Crippen molar-refractivity contribution >= 4 is 17.4 Å². The molecule has 0 radical (unpaired) electrons. The molecular weight excluding hydrogens is 342 g/mol. The molecule has 27 heavy (non-hydrogen) atoms. The summed E-state index contributed by atoms with van der Waals surface area (Å²) in [4.78, 5) is 30.0. The molecule has 1 amide bonds. The summed E-state index contributed by atoms with van der Waals surface area (Å²) in [6.45, 7) is 4.82. The molecule has 3 aromatic rings. The Bertz CT molecular complexity index is 1000. The lowest BCUT2D eigenvalue weighted by Crippen LogP contribution is -2.49. The van der Waals surface area contributed by atoms with Crippen molar-refractivity contribution in [2.75, 3.05) is 31.1 Å². The Labute approximate surface area is 156 Å². The maximum absolute atomic E-state index is 12.9.